The second kappa shape index (κ2) is 12.9. The molecule has 0 aliphatic carbocycles. The van der Waals surface area contributed by atoms with Gasteiger partial charge in [-0.05, 0) is 36.8 Å². The van der Waals surface area contributed by atoms with Crippen molar-refractivity contribution in [3.05, 3.63) is 64.1 Å². The van der Waals surface area contributed by atoms with Crippen molar-refractivity contribution in [3.8, 4) is 5.75 Å². The van der Waals surface area contributed by atoms with E-state index in [1.165, 1.54) is 31.9 Å². The Kier molecular flexibility index (Phi) is 10.1. The fourth-order valence-electron chi connectivity index (χ4n) is 2.74. The van der Waals surface area contributed by atoms with Crippen LogP contribution in [0.25, 0.3) is 0 Å². The number of esters is 1. The Morgan fingerprint density at radius 2 is 1.76 bits per heavy atom. The van der Waals surface area contributed by atoms with Crippen LogP contribution in [0.5, 0.6) is 5.75 Å². The van der Waals surface area contributed by atoms with Crippen molar-refractivity contribution in [2.75, 3.05) is 0 Å². The second-order valence-corrected chi connectivity index (χ2v) is 7.66. The highest BCUT2D eigenvalue weighted by Gasteiger charge is 2.11. The number of hydrogen-bond donors (Lipinski definition) is 1. The molecular formula is C23H27BrN2O3. The zero-order chi connectivity index (χ0) is 20.9. The summed E-state index contributed by atoms with van der Waals surface area (Å²) in [6.45, 7) is 2.19. The number of unbranched alkanes of at least 4 members (excludes halogenated alkanes) is 5. The molecule has 0 aliphatic heterocycles. The van der Waals surface area contributed by atoms with Crippen LogP contribution in [0.15, 0.2) is 58.1 Å². The third-order valence-electron chi connectivity index (χ3n) is 4.33. The Morgan fingerprint density at radius 1 is 1.03 bits per heavy atom. The Balaban J connectivity index is 1.88. The van der Waals surface area contributed by atoms with E-state index in [4.69, 9.17) is 4.74 Å². The molecule has 0 unspecified atom stereocenters. The van der Waals surface area contributed by atoms with Gasteiger partial charge in [-0.25, -0.2) is 10.2 Å². The van der Waals surface area contributed by atoms with E-state index in [2.05, 4.69) is 33.4 Å². The van der Waals surface area contributed by atoms with Crippen LogP contribution >= 0.6 is 15.9 Å². The van der Waals surface area contributed by atoms with Crippen LogP contribution in [0.1, 0.15) is 67.8 Å². The quantitative estimate of drug-likeness (QED) is 0.150. The fourth-order valence-corrected chi connectivity index (χ4v) is 3.12. The molecular weight excluding hydrogens is 432 g/mol. The summed E-state index contributed by atoms with van der Waals surface area (Å²) in [6.07, 6.45) is 8.72. The summed E-state index contributed by atoms with van der Waals surface area (Å²) < 4.78 is 6.31. The SMILES string of the molecule is CCCCCCCCC(=O)N/N=C/c1cc(Br)ccc1OC(=O)c1ccccc1. The van der Waals surface area contributed by atoms with Crippen LogP contribution in [0.4, 0.5) is 0 Å². The summed E-state index contributed by atoms with van der Waals surface area (Å²) >= 11 is 3.40. The molecule has 2 aromatic rings. The standard InChI is InChI=1S/C23H27BrN2O3/c1-2-3-4-5-6-10-13-22(27)26-25-17-19-16-20(24)14-15-21(19)29-23(28)18-11-8-7-9-12-18/h7-9,11-12,14-17H,2-6,10,13H2,1H3,(H,26,27)/b25-17+. The number of rotatable bonds is 11. The molecule has 0 aliphatic rings. The molecule has 2 rings (SSSR count). The summed E-state index contributed by atoms with van der Waals surface area (Å²) in [5, 5.41) is 4.01. The number of carbonyl (C=O) groups is 2. The van der Waals surface area contributed by atoms with Gasteiger partial charge in [0.2, 0.25) is 5.91 Å². The third-order valence-corrected chi connectivity index (χ3v) is 4.83. The van der Waals surface area contributed by atoms with Gasteiger partial charge in [-0.15, -0.1) is 0 Å². The van der Waals surface area contributed by atoms with Gasteiger partial charge in [0.05, 0.1) is 11.8 Å². The van der Waals surface area contributed by atoms with Gasteiger partial charge in [-0.3, -0.25) is 4.79 Å². The van der Waals surface area contributed by atoms with E-state index in [9.17, 15) is 9.59 Å². The lowest BCUT2D eigenvalue weighted by Crippen LogP contribution is -2.17. The van der Waals surface area contributed by atoms with E-state index in [1.807, 2.05) is 6.07 Å². The first-order valence-corrected chi connectivity index (χ1v) is 10.8. The van der Waals surface area contributed by atoms with Crippen molar-refractivity contribution >= 4 is 34.0 Å². The van der Waals surface area contributed by atoms with E-state index in [-0.39, 0.29) is 5.91 Å². The molecule has 0 heterocycles. The Labute approximate surface area is 180 Å². The van der Waals surface area contributed by atoms with Gasteiger partial charge in [0, 0.05) is 16.5 Å². The van der Waals surface area contributed by atoms with Crippen molar-refractivity contribution in [1.29, 1.82) is 0 Å². The molecule has 29 heavy (non-hydrogen) atoms. The second-order valence-electron chi connectivity index (χ2n) is 6.75. The highest BCUT2D eigenvalue weighted by atomic mass is 79.9. The molecule has 154 valence electrons. The third kappa shape index (κ3) is 8.60. The number of carbonyl (C=O) groups excluding carboxylic acids is 2. The lowest BCUT2D eigenvalue weighted by molar-refractivity contribution is -0.121. The lowest BCUT2D eigenvalue weighted by atomic mass is 10.1. The normalized spacial score (nSPS) is 10.8. The van der Waals surface area contributed by atoms with Crippen LogP contribution in [-0.4, -0.2) is 18.1 Å². The van der Waals surface area contributed by atoms with Crippen molar-refractivity contribution in [2.24, 2.45) is 5.10 Å². The molecule has 0 aromatic heterocycles. The van der Waals surface area contributed by atoms with Crippen molar-refractivity contribution < 1.29 is 14.3 Å². The van der Waals surface area contributed by atoms with Gasteiger partial charge in [-0.1, -0.05) is 73.2 Å². The Hall–Kier alpha value is -2.47. The zero-order valence-corrected chi connectivity index (χ0v) is 18.3. The number of nitrogens with zero attached hydrogens (tertiary/aromatic N) is 1. The highest BCUT2D eigenvalue weighted by Crippen LogP contribution is 2.23. The molecule has 0 atom stereocenters. The molecule has 5 nitrogen and oxygen atoms in total. The van der Waals surface area contributed by atoms with Crippen LogP contribution in [0, 0.1) is 0 Å². The van der Waals surface area contributed by atoms with E-state index >= 15 is 0 Å². The van der Waals surface area contributed by atoms with Gasteiger partial charge in [0.1, 0.15) is 5.75 Å². The predicted molar refractivity (Wildman–Crippen MR) is 119 cm³/mol. The molecule has 1 N–H and O–H groups in total. The maximum absolute atomic E-state index is 12.3. The molecule has 1 amide bonds. The number of halogens is 1. The minimum Gasteiger partial charge on any atom is -0.422 e. The first-order valence-electron chi connectivity index (χ1n) is 9.99. The Morgan fingerprint density at radius 3 is 2.52 bits per heavy atom. The minimum absolute atomic E-state index is 0.116. The molecule has 0 saturated carbocycles. The average molecular weight is 459 g/mol. The van der Waals surface area contributed by atoms with Gasteiger partial charge in [0.25, 0.3) is 0 Å². The predicted octanol–water partition coefficient (Wildman–Crippen LogP) is 5.87. The van der Waals surface area contributed by atoms with Crippen LogP contribution in [-0.2, 0) is 4.79 Å². The molecule has 0 saturated heterocycles. The first-order chi connectivity index (χ1) is 14.1. The zero-order valence-electron chi connectivity index (χ0n) is 16.7. The van der Waals surface area contributed by atoms with Crippen LogP contribution in [0.2, 0.25) is 0 Å². The number of hydrogen-bond acceptors (Lipinski definition) is 4. The number of amides is 1. The van der Waals surface area contributed by atoms with Crippen molar-refractivity contribution in [2.45, 2.75) is 51.9 Å². The van der Waals surface area contributed by atoms with Gasteiger partial charge in [-0.2, -0.15) is 5.10 Å². The largest absolute Gasteiger partial charge is 0.422 e. The van der Waals surface area contributed by atoms with Gasteiger partial charge < -0.3 is 4.74 Å². The maximum Gasteiger partial charge on any atom is 0.343 e. The monoisotopic (exact) mass is 458 g/mol. The summed E-state index contributed by atoms with van der Waals surface area (Å²) in [4.78, 5) is 24.2. The fraction of sp³-hybridized carbons (Fsp3) is 0.348. The summed E-state index contributed by atoms with van der Waals surface area (Å²) in [7, 11) is 0. The molecule has 0 radical (unpaired) electrons. The van der Waals surface area contributed by atoms with Crippen molar-refractivity contribution in [3.63, 3.8) is 0 Å². The molecule has 0 fully saturated rings. The van der Waals surface area contributed by atoms with E-state index in [0.29, 0.717) is 23.3 Å². The summed E-state index contributed by atoms with van der Waals surface area (Å²) in [5.41, 5.74) is 3.59. The number of nitrogens with one attached hydrogen (secondary N) is 1. The number of ether oxygens (including phenoxy) is 1. The van der Waals surface area contributed by atoms with Gasteiger partial charge >= 0.3 is 5.97 Å². The molecule has 6 heteroatoms. The smallest absolute Gasteiger partial charge is 0.343 e. The molecule has 0 spiro atoms. The topological polar surface area (TPSA) is 67.8 Å². The average Bonchev–Trinajstić information content (AvgIpc) is 2.73. The molecule has 0 bridgehead atoms. The molecule has 2 aromatic carbocycles. The first kappa shape index (κ1) is 22.8. The van der Waals surface area contributed by atoms with E-state index in [0.717, 1.165) is 17.3 Å². The van der Waals surface area contributed by atoms with Gasteiger partial charge in [0.15, 0.2) is 0 Å². The lowest BCUT2D eigenvalue weighted by Gasteiger charge is -2.08. The highest BCUT2D eigenvalue weighted by molar-refractivity contribution is 9.10. The van der Waals surface area contributed by atoms with Crippen LogP contribution in [0.3, 0.4) is 0 Å². The number of hydrazone groups is 1. The van der Waals surface area contributed by atoms with E-state index < -0.39 is 5.97 Å². The number of benzene rings is 2. The minimum atomic E-state index is -0.449. The maximum atomic E-state index is 12.3. The summed E-state index contributed by atoms with van der Waals surface area (Å²) in [5.74, 6) is -0.194. The summed E-state index contributed by atoms with van der Waals surface area (Å²) in [6, 6.07) is 14.0. The van der Waals surface area contributed by atoms with E-state index in [1.54, 1.807) is 42.5 Å². The van der Waals surface area contributed by atoms with Crippen LogP contribution < -0.4 is 10.2 Å². The Bertz CT molecular complexity index is 822. The van der Waals surface area contributed by atoms with Crippen molar-refractivity contribution in [1.82, 2.24) is 5.43 Å².